The quantitative estimate of drug-likeness (QED) is 0.00996. The fourth-order valence-electron chi connectivity index (χ4n) is 6.93. The first kappa shape index (κ1) is 59.3. The Morgan fingerprint density at radius 3 is 1.46 bits per heavy atom. The molecule has 0 saturated heterocycles. The molecule has 0 saturated carbocycles. The number of benzene rings is 4. The minimum Gasteiger partial charge on any atom is -0.394 e. The van der Waals surface area contributed by atoms with Crippen LogP contribution in [0.4, 0.5) is 17.1 Å². The Bertz CT molecular complexity index is 3040. The van der Waals surface area contributed by atoms with Gasteiger partial charge < -0.3 is 82.5 Å². The molecule has 6 atom stereocenters. The van der Waals surface area contributed by atoms with E-state index in [-0.39, 0.29) is 11.4 Å². The zero-order chi connectivity index (χ0) is 57.8. The number of amides is 6. The van der Waals surface area contributed by atoms with Gasteiger partial charge in [-0.15, -0.1) is 0 Å². The maximum atomic E-state index is 14.7. The van der Waals surface area contributed by atoms with Crippen molar-refractivity contribution in [3.63, 3.8) is 0 Å². The molecule has 22 N–H and O–H groups in total. The summed E-state index contributed by atoms with van der Waals surface area (Å²) >= 11 is 0. The summed E-state index contributed by atoms with van der Waals surface area (Å²) in [6.07, 6.45) is -4.70. The van der Waals surface area contributed by atoms with Gasteiger partial charge in [-0.1, -0.05) is 97.1 Å². The minimum absolute atomic E-state index is 0.0128. The van der Waals surface area contributed by atoms with E-state index in [2.05, 4.69) is 41.2 Å². The molecule has 0 aromatic heterocycles. The molecule has 0 aliphatic carbocycles. The molecular weight excluding hydrogens is 1020 g/mol. The molecule has 0 radical (unpaired) electrons. The highest BCUT2D eigenvalue weighted by Gasteiger charge is 2.40. The van der Waals surface area contributed by atoms with Crippen molar-refractivity contribution in [3.8, 4) is 6.07 Å². The van der Waals surface area contributed by atoms with Crippen molar-refractivity contribution in [2.24, 2.45) is 65.8 Å². The van der Waals surface area contributed by atoms with Crippen molar-refractivity contribution in [1.82, 2.24) is 26.6 Å². The molecule has 4 aromatic carbocycles. The molecule has 6 amide bonds. The van der Waals surface area contributed by atoms with Gasteiger partial charge in [0.2, 0.25) is 36.5 Å². The zero-order valence-electron chi connectivity index (χ0n) is 41.0. The van der Waals surface area contributed by atoms with Crippen LogP contribution in [0.2, 0.25) is 0 Å². The van der Waals surface area contributed by atoms with Gasteiger partial charge in [0.25, 0.3) is 23.6 Å². The van der Waals surface area contributed by atoms with Crippen molar-refractivity contribution in [3.05, 3.63) is 145 Å². The molecule has 0 bridgehead atoms. The number of nitrogens with one attached hydrogen (secondary N) is 5. The van der Waals surface area contributed by atoms with Crippen molar-refractivity contribution in [2.75, 3.05) is 11.5 Å². The molecule has 0 heterocycles. The number of anilines is 1. The van der Waals surface area contributed by atoms with Gasteiger partial charge in [0.15, 0.2) is 23.6 Å². The summed E-state index contributed by atoms with van der Waals surface area (Å²) in [5.41, 5.74) is 42.4. The van der Waals surface area contributed by atoms with Crippen LogP contribution < -0.4 is 77.4 Å². The first-order valence-corrected chi connectivity index (χ1v) is 22.4. The smallest absolute Gasteiger partial charge is 0.301 e. The first-order valence-electron chi connectivity index (χ1n) is 22.4. The average molecular weight is 1080 g/mol. The number of hydrogen-bond donors (Lipinski definition) is 14. The number of aliphatic hydroxyl groups is 1. The average Bonchev–Trinajstić information content (AvgIpc) is 3.44. The van der Waals surface area contributed by atoms with Crippen LogP contribution in [0, 0.1) is 31.6 Å². The van der Waals surface area contributed by atoms with Gasteiger partial charge in [-0.25, -0.2) is 20.0 Å². The Kier molecular flexibility index (Phi) is 21.1. The lowest BCUT2D eigenvalue weighted by Crippen LogP contribution is -2.58. The number of nitriles is 1. The number of nitro benzene ring substituents is 2. The predicted octanol–water partition coefficient (Wildman–Crippen LogP) is -3.78. The number of nitro groups is 2. The summed E-state index contributed by atoms with van der Waals surface area (Å²) in [6.45, 7) is -0.546. The van der Waals surface area contributed by atoms with E-state index >= 15 is 0 Å². The highest BCUT2D eigenvalue weighted by atomic mass is 16.6. The maximum Gasteiger partial charge on any atom is 0.301 e. The number of primary amides is 1. The number of aliphatic imine (C=N–C) groups is 4. The van der Waals surface area contributed by atoms with Gasteiger partial charge in [-0.2, -0.15) is 5.26 Å². The summed E-state index contributed by atoms with van der Waals surface area (Å²) in [5.74, 6) is -10.6. The maximum absolute atomic E-state index is 14.7. The summed E-state index contributed by atoms with van der Waals surface area (Å²) in [7, 11) is 0. The summed E-state index contributed by atoms with van der Waals surface area (Å²) in [5, 5.41) is 56.7. The van der Waals surface area contributed by atoms with Gasteiger partial charge in [0.05, 0.1) is 33.9 Å². The number of hydrogen-bond acceptors (Lipinski definition) is 17. The van der Waals surface area contributed by atoms with Crippen LogP contribution in [0.1, 0.15) is 40.8 Å². The Morgan fingerprint density at radius 1 is 0.615 bits per heavy atom. The van der Waals surface area contributed by atoms with E-state index in [1.165, 1.54) is 37.3 Å². The normalized spacial score (nSPS) is 13.2. The molecule has 408 valence electrons. The van der Waals surface area contributed by atoms with Gasteiger partial charge in [0, 0.05) is 18.7 Å². The number of carbonyl (C=O) groups excluding carboxylic acids is 6. The second kappa shape index (κ2) is 27.7. The van der Waals surface area contributed by atoms with Crippen LogP contribution >= 0.6 is 0 Å². The highest BCUT2D eigenvalue weighted by molar-refractivity contribution is 5.99. The number of amidine groups is 1. The van der Waals surface area contributed by atoms with E-state index in [0.717, 1.165) is 22.6 Å². The van der Waals surface area contributed by atoms with Crippen LogP contribution in [-0.4, -0.2) is 111 Å². The predicted molar refractivity (Wildman–Crippen MR) is 282 cm³/mol. The van der Waals surface area contributed by atoms with E-state index in [9.17, 15) is 59.4 Å². The summed E-state index contributed by atoms with van der Waals surface area (Å²) in [6, 6.07) is 22.0. The lowest BCUT2D eigenvalue weighted by atomic mass is 10.0. The Labute approximate surface area is 441 Å². The van der Waals surface area contributed by atoms with E-state index < -0.39 is 136 Å². The SMILES string of the molecule is CC(N)=NC(NC(=O)C(N=C(N)N)NC(=O)C(N=C(N)N)NC(=O)C(NC(=O)C(CO)N(Cc1ccc(/C=C/c2ccccc2)cc1)c1c([N+](=O)[O-])cc(C#N)cc1[N+](=O)[O-])c1ccccc1)C(=O)NC(N=C(N)N)C(N)=O. The number of nitrogens with two attached hydrogens (primary N) is 8. The van der Waals surface area contributed by atoms with E-state index in [1.807, 2.05) is 41.7 Å². The molecule has 0 aliphatic heterocycles. The summed E-state index contributed by atoms with van der Waals surface area (Å²) < 4.78 is 0. The van der Waals surface area contributed by atoms with Crippen molar-refractivity contribution >= 4 is 88.4 Å². The lowest BCUT2D eigenvalue weighted by molar-refractivity contribution is -0.392. The zero-order valence-corrected chi connectivity index (χ0v) is 41.0. The van der Waals surface area contributed by atoms with Gasteiger partial charge in [0.1, 0.15) is 12.1 Å². The molecule has 0 spiro atoms. The van der Waals surface area contributed by atoms with Crippen molar-refractivity contribution < 1.29 is 43.7 Å². The van der Waals surface area contributed by atoms with Crippen LogP contribution in [-0.2, 0) is 35.3 Å². The molecule has 78 heavy (non-hydrogen) atoms. The standard InChI is InChI=1S/C46H53N21O11/c1-23(48)56-36(41(72)58-35(34(49)69)62-44(50)51)60-43(74)38(64-46(54)55)61-42(73)37(63-45(52)53)59-40(71)32(28-10-6-3-7-11-28)57-39(70)31(22-68)65(33-29(66(75)76)18-27(20-47)19-30(33)67(77)78)21-26-16-14-25(15-17-26)13-12-24-8-4-2-5-9-24/h2-19,31-32,35-38,68H,21-22H2,1H3,(H2,48,56)(H2,49,69)(H,57,70)(H,58,72)(H,59,71)(H,60,74)(H,61,73)(H4,50,51,62)(H4,52,53,63)(H4,54,55,64)/b13-12+. The lowest BCUT2D eigenvalue weighted by Gasteiger charge is -2.32. The minimum atomic E-state index is -2.23. The number of guanidine groups is 3. The van der Waals surface area contributed by atoms with E-state index in [0.29, 0.717) is 11.1 Å². The van der Waals surface area contributed by atoms with Crippen LogP contribution in [0.25, 0.3) is 12.2 Å². The van der Waals surface area contributed by atoms with Crippen LogP contribution in [0.5, 0.6) is 0 Å². The van der Waals surface area contributed by atoms with Crippen LogP contribution in [0.3, 0.4) is 0 Å². The van der Waals surface area contributed by atoms with E-state index in [1.54, 1.807) is 36.4 Å². The van der Waals surface area contributed by atoms with Crippen molar-refractivity contribution in [1.29, 1.82) is 5.26 Å². The topological polar surface area (TPSA) is 554 Å². The van der Waals surface area contributed by atoms with Gasteiger partial charge in [-0.05, 0) is 29.2 Å². The number of carbonyl (C=O) groups is 6. The Hall–Kier alpha value is -11.2. The third-order valence-electron chi connectivity index (χ3n) is 10.3. The largest absolute Gasteiger partial charge is 0.394 e. The van der Waals surface area contributed by atoms with Crippen molar-refractivity contribution in [2.45, 2.75) is 50.2 Å². The number of nitrogens with zero attached hydrogens (tertiary/aromatic N) is 8. The summed E-state index contributed by atoms with van der Waals surface area (Å²) in [4.78, 5) is 121. The third-order valence-corrected chi connectivity index (χ3v) is 10.3. The fourth-order valence-corrected chi connectivity index (χ4v) is 6.93. The molecule has 0 fully saturated rings. The number of rotatable bonds is 25. The Balaban J connectivity index is 1.75. The highest BCUT2D eigenvalue weighted by Crippen LogP contribution is 2.41. The van der Waals surface area contributed by atoms with Crippen LogP contribution in [0.15, 0.2) is 117 Å². The third kappa shape index (κ3) is 17.2. The molecule has 4 rings (SSSR count). The molecule has 6 unspecified atom stereocenters. The molecule has 32 nitrogen and oxygen atoms in total. The van der Waals surface area contributed by atoms with E-state index in [4.69, 9.17) is 45.9 Å². The molecule has 0 aliphatic rings. The number of aliphatic hydroxyl groups excluding tert-OH is 1. The molecule has 4 aromatic rings. The second-order valence-corrected chi connectivity index (χ2v) is 16.1. The molecule has 32 heteroatoms. The fraction of sp³-hybridized carbons (Fsp3) is 0.196. The first-order chi connectivity index (χ1) is 36.9. The Morgan fingerprint density at radius 2 is 1.04 bits per heavy atom. The monoisotopic (exact) mass is 1080 g/mol. The second-order valence-electron chi connectivity index (χ2n) is 16.1. The van der Waals surface area contributed by atoms with Gasteiger partial charge in [-0.3, -0.25) is 49.0 Å². The van der Waals surface area contributed by atoms with Gasteiger partial charge >= 0.3 is 11.4 Å². The molecular formula is C46H53N21O11.